The number of aryl methyl sites for hydroxylation is 1. The van der Waals surface area contributed by atoms with E-state index in [1.165, 1.54) is 116 Å². The fraction of sp³-hybridized carbons (Fsp3) is 0.548. The Hall–Kier alpha value is -2.41. The molecule has 11 rings (SSSR count). The maximum absolute atomic E-state index is 11.0. The third-order valence-electron chi connectivity index (χ3n) is 14.6. The molecule has 0 aliphatic carbocycles. The molecule has 0 bridgehead atoms. The fourth-order valence-corrected chi connectivity index (χ4v) is 15.6. The summed E-state index contributed by atoms with van der Waals surface area (Å²) in [6.45, 7) is 20.2. The molecule has 3 fully saturated rings. The van der Waals surface area contributed by atoms with E-state index in [0.29, 0.717) is 17.7 Å². The van der Waals surface area contributed by atoms with Crippen LogP contribution in [-0.2, 0) is 96.5 Å². The molecule has 7 atom stereocenters. The van der Waals surface area contributed by atoms with Gasteiger partial charge in [-0.05, 0) is 209 Å². The number of furan rings is 1. The van der Waals surface area contributed by atoms with Gasteiger partial charge < -0.3 is 63.8 Å². The zero-order valence-corrected chi connectivity index (χ0v) is 68.0. The quantitative estimate of drug-likeness (QED) is 0.0211. The number of carbonyl (C=O) groups is 5. The smallest absolute Gasteiger partial charge is 1.00 e. The number of halogens is 1. The molecule has 3 N–H and O–H groups in total. The molecule has 0 spiro atoms. The third-order valence-corrected chi connectivity index (χ3v) is 20.9. The number of aliphatic hydroxyl groups is 3. The number of ether oxygens (including phenoxy) is 9. The Morgan fingerprint density at radius 3 is 1.32 bits per heavy atom. The van der Waals surface area contributed by atoms with Crippen molar-refractivity contribution >= 4 is 133 Å². The molecule has 100 heavy (non-hydrogen) atoms. The van der Waals surface area contributed by atoms with Gasteiger partial charge in [0.15, 0.2) is 30.4 Å². The second kappa shape index (κ2) is 56.0. The summed E-state index contributed by atoms with van der Waals surface area (Å²) in [5, 5.41) is 40.9. The van der Waals surface area contributed by atoms with Gasteiger partial charge in [-0.25, -0.2) is 0 Å². The topological polar surface area (TPSA) is 242 Å². The molecule has 562 valence electrons. The van der Waals surface area contributed by atoms with Crippen LogP contribution in [0, 0.1) is 6.92 Å². The van der Waals surface area contributed by atoms with Gasteiger partial charge in [0.05, 0.1) is 42.5 Å². The molecular formula is C73H112IKO18S7. The van der Waals surface area contributed by atoms with Gasteiger partial charge in [0.1, 0.15) is 31.8 Å². The second-order valence-electron chi connectivity index (χ2n) is 21.9. The first-order valence-corrected chi connectivity index (χ1v) is 37.7. The van der Waals surface area contributed by atoms with Crippen molar-refractivity contribution < 1.29 is 141 Å². The van der Waals surface area contributed by atoms with Crippen LogP contribution in [-0.4, -0.2) is 89.2 Å². The van der Waals surface area contributed by atoms with Crippen LogP contribution in [0.25, 0.3) is 0 Å². The summed E-state index contributed by atoms with van der Waals surface area (Å²) in [6.07, 6.45) is 12.4. The average molecular weight is 1670 g/mol. The summed E-state index contributed by atoms with van der Waals surface area (Å²) >= 11 is 11.1. The molecular weight excluding hydrogens is 1560 g/mol. The Balaban J connectivity index is -0.000000548. The van der Waals surface area contributed by atoms with Crippen molar-refractivity contribution in [3.63, 3.8) is 0 Å². The van der Waals surface area contributed by atoms with Crippen molar-refractivity contribution in [1.82, 2.24) is 0 Å². The minimum atomic E-state index is -0.503. The number of thioether (sulfide) groups is 1. The van der Waals surface area contributed by atoms with Crippen molar-refractivity contribution in [3.05, 3.63) is 149 Å². The summed E-state index contributed by atoms with van der Waals surface area (Å²) in [5.41, 5.74) is 6.98. The molecule has 7 aromatic heterocycles. The number of fused-ring (bicyclic) bond motifs is 1. The number of carbonyl (C=O) groups excluding carboxylic acids is 5. The van der Waals surface area contributed by atoms with Gasteiger partial charge in [-0.15, -0.1) is 92.4 Å². The maximum Gasteiger partial charge on any atom is 1.00 e. The van der Waals surface area contributed by atoms with Crippen LogP contribution in [0.4, 0.5) is 0 Å². The van der Waals surface area contributed by atoms with E-state index in [-0.39, 0.29) is 201 Å². The Morgan fingerprint density at radius 1 is 0.540 bits per heavy atom. The van der Waals surface area contributed by atoms with Crippen LogP contribution in [0.5, 0.6) is 0 Å². The van der Waals surface area contributed by atoms with Crippen LogP contribution in [0.15, 0.2) is 89.6 Å². The molecule has 18 nitrogen and oxygen atoms in total. The third kappa shape index (κ3) is 36.7. The van der Waals surface area contributed by atoms with Gasteiger partial charge in [0.25, 0.3) is 0 Å². The van der Waals surface area contributed by atoms with Crippen molar-refractivity contribution in [1.29, 1.82) is 0 Å². The second-order valence-corrected chi connectivity index (χ2v) is 28.8. The van der Waals surface area contributed by atoms with E-state index in [1.807, 2.05) is 83.9 Å². The number of hydrogen-bond donors (Lipinski definition) is 3. The molecule has 3 saturated heterocycles. The molecule has 0 saturated carbocycles. The molecule has 11 heterocycles. The molecule has 4 aliphatic rings. The molecule has 7 unspecified atom stereocenters. The first-order chi connectivity index (χ1) is 45.2. The van der Waals surface area contributed by atoms with E-state index >= 15 is 0 Å². The molecule has 0 amide bonds. The van der Waals surface area contributed by atoms with Crippen molar-refractivity contribution in [2.45, 2.75) is 244 Å². The summed E-state index contributed by atoms with van der Waals surface area (Å²) in [6, 6.07) is 11.5. The minimum absolute atomic E-state index is 0. The van der Waals surface area contributed by atoms with Gasteiger partial charge >= 0.3 is 69.3 Å². The zero-order valence-electron chi connectivity index (χ0n) is 57.8. The number of aliphatic hydroxyl groups excluding tert-OH is 3. The SMILES string of the molecule is C.C.C.C.CC(=O)OCc1sccc1C(C)=O.CC(=O)OCc1sccc1C(C)O.CC(=O)OCc1sccc1C(C)OC1CCCCO1.CC(=O)c1ccsc1CO.CC(OC1CCCCO1)c1ccsc1.CC(OC1CCCCO1)c1ccsc1CO.Cc1occ2c1CCS2.I.[H-].[HH].[K+]. The molecule has 0 radical (unpaired) electrons. The molecule has 7 aromatic rings. The van der Waals surface area contributed by atoms with E-state index in [2.05, 4.69) is 23.8 Å². The number of hydrogen-bond acceptors (Lipinski definition) is 25. The first kappa shape index (κ1) is 99.6. The number of Topliss-reactive ketones (excluding diaryl/α,β-unsaturated/α-hetero) is 2. The van der Waals surface area contributed by atoms with Crippen LogP contribution in [0.1, 0.15) is 256 Å². The normalized spacial score (nSPS) is 16.5. The fourth-order valence-electron chi connectivity index (χ4n) is 9.57. The molecule has 4 aliphatic heterocycles. The summed E-state index contributed by atoms with van der Waals surface area (Å²) in [4.78, 5) is 59.6. The largest absolute Gasteiger partial charge is 1.00 e. The molecule has 0 aromatic carbocycles. The number of thiophene rings is 6. The maximum atomic E-state index is 11.0. The van der Waals surface area contributed by atoms with Gasteiger partial charge in [-0.2, -0.15) is 11.3 Å². The van der Waals surface area contributed by atoms with E-state index < -0.39 is 6.10 Å². The number of esters is 3. The number of rotatable bonds is 20. The minimum Gasteiger partial charge on any atom is -1.00 e. The van der Waals surface area contributed by atoms with E-state index in [4.69, 9.17) is 52.2 Å². The Morgan fingerprint density at radius 2 is 0.930 bits per heavy atom. The van der Waals surface area contributed by atoms with Gasteiger partial charge in [0.2, 0.25) is 0 Å². The predicted molar refractivity (Wildman–Crippen MR) is 418 cm³/mol. The standard InChI is InChI=1S/C14H20O4S.C12H18O3S.C11H16O2S.C9H12O3S.C9H10O3S.C7H8O2S.C7H8OS.4CH4.HI.K.H2.H/c1-10(18-14-5-3-4-7-16-14)12-6-8-19-13(12)9-17-11(2)15;1-9(10-5-7-16-11(10)8-13)15-12-4-2-3-6-14-12;1-9(10-5-7-14-8-10)13-11-4-2-3-6-12-11;2*1-6(10)8-3-4-13-9(8)5-12-7(2)11;1-5(9)6-2-3-10-7(6)4-8;1-5-6-2-3-9-7(6)4-8-5;;;;;;;;/h6,8,10,14H,3-5,7,9H2,1-2H3;5,7,9,12-13H,2-4,6,8H2,1H3;5,7-9,11H,2-4,6H2,1H3;3-4,6,10H,5H2,1-2H3;3-4H,5H2,1-2H3;2-3,8H,4H2,1H3;4H,2-3H2,1H3;4*1H4;1H;;1H;/q;;;;;;;;;;;;+1;;-1. The van der Waals surface area contributed by atoms with E-state index in [0.717, 1.165) is 105 Å². The average Bonchev–Trinajstić information content (AvgIpc) is 1.67. The van der Waals surface area contributed by atoms with Crippen molar-refractivity contribution in [3.8, 4) is 0 Å². The first-order valence-electron chi connectivity index (χ1n) is 31.3. The van der Waals surface area contributed by atoms with Crippen LogP contribution in [0.3, 0.4) is 0 Å². The molecule has 27 heteroatoms. The summed E-state index contributed by atoms with van der Waals surface area (Å²) < 4.78 is 54.1. The van der Waals surface area contributed by atoms with Gasteiger partial charge in [-0.3, -0.25) is 24.0 Å². The Kier molecular flexibility index (Phi) is 55.8. The van der Waals surface area contributed by atoms with Crippen molar-refractivity contribution in [2.75, 3.05) is 25.6 Å². The van der Waals surface area contributed by atoms with E-state index in [1.54, 1.807) is 53.1 Å². The van der Waals surface area contributed by atoms with Crippen LogP contribution >= 0.6 is 104 Å². The van der Waals surface area contributed by atoms with Gasteiger partial charge in [-0.1, -0.05) is 29.7 Å². The monoisotopic (exact) mass is 1670 g/mol. The number of ketones is 2. The predicted octanol–water partition coefficient (Wildman–Crippen LogP) is 17.7. The Labute approximate surface area is 685 Å². The Bertz CT molecular complexity index is 3290. The zero-order chi connectivity index (χ0) is 68.4. The van der Waals surface area contributed by atoms with Crippen LogP contribution < -0.4 is 51.4 Å². The van der Waals surface area contributed by atoms with Crippen LogP contribution in [0.2, 0.25) is 0 Å². The summed E-state index contributed by atoms with van der Waals surface area (Å²) in [5.74, 6) is 1.47. The van der Waals surface area contributed by atoms with E-state index in [9.17, 15) is 34.2 Å². The summed E-state index contributed by atoms with van der Waals surface area (Å²) in [7, 11) is 0. The van der Waals surface area contributed by atoms with Crippen molar-refractivity contribution in [2.24, 2.45) is 0 Å². The van der Waals surface area contributed by atoms with Gasteiger partial charge in [0, 0.05) is 88.9 Å².